The zero-order chi connectivity index (χ0) is 18.4. The number of hydrogen-bond donors (Lipinski definition) is 1. The number of carbonyl (C=O) groups is 2. The SMILES string of the molecule is CC1(C)Sc2ccc(C(=O)O)cc2N(Cc2c(F)cccc2Cl)C1=O. The Bertz CT molecular complexity index is 864. The standard InChI is InChI=1S/C18H15ClFNO3S/c1-18(2)17(24)21(9-11-12(19)4-3-5-13(11)20)14-8-10(16(22)23)6-7-15(14)25-18/h3-8H,9H2,1-2H3,(H,22,23). The number of anilines is 1. The summed E-state index contributed by atoms with van der Waals surface area (Å²) in [6.07, 6.45) is 0. The maximum absolute atomic E-state index is 14.2. The minimum atomic E-state index is -1.09. The van der Waals surface area contributed by atoms with Crippen molar-refractivity contribution >= 4 is 40.9 Å². The number of carboxylic acids is 1. The van der Waals surface area contributed by atoms with Gasteiger partial charge in [0.1, 0.15) is 5.82 Å². The van der Waals surface area contributed by atoms with Crippen molar-refractivity contribution in [3.63, 3.8) is 0 Å². The zero-order valence-electron chi connectivity index (χ0n) is 13.5. The van der Waals surface area contributed by atoms with Crippen LogP contribution in [-0.4, -0.2) is 21.7 Å². The molecule has 3 rings (SSSR count). The molecule has 0 bridgehead atoms. The van der Waals surface area contributed by atoms with E-state index in [9.17, 15) is 19.1 Å². The first-order valence-corrected chi connectivity index (χ1v) is 8.71. The van der Waals surface area contributed by atoms with E-state index in [2.05, 4.69) is 0 Å². The van der Waals surface area contributed by atoms with E-state index in [0.29, 0.717) is 5.69 Å². The molecular weight excluding hydrogens is 365 g/mol. The van der Waals surface area contributed by atoms with Gasteiger partial charge < -0.3 is 10.0 Å². The highest BCUT2D eigenvalue weighted by Crippen LogP contribution is 2.46. The summed E-state index contributed by atoms with van der Waals surface area (Å²) in [5.74, 6) is -1.83. The lowest BCUT2D eigenvalue weighted by molar-refractivity contribution is -0.120. The number of rotatable bonds is 3. The molecule has 1 aliphatic heterocycles. The van der Waals surface area contributed by atoms with Crippen molar-refractivity contribution in [1.29, 1.82) is 0 Å². The average Bonchev–Trinajstić information content (AvgIpc) is 2.53. The summed E-state index contributed by atoms with van der Waals surface area (Å²) in [4.78, 5) is 26.4. The number of hydrogen-bond acceptors (Lipinski definition) is 3. The van der Waals surface area contributed by atoms with Gasteiger partial charge in [-0.1, -0.05) is 17.7 Å². The molecule has 0 unspecified atom stereocenters. The van der Waals surface area contributed by atoms with E-state index in [4.69, 9.17) is 11.6 Å². The summed E-state index contributed by atoms with van der Waals surface area (Å²) in [7, 11) is 0. The third-order valence-electron chi connectivity index (χ3n) is 4.00. The summed E-state index contributed by atoms with van der Waals surface area (Å²) >= 11 is 7.45. The van der Waals surface area contributed by atoms with Gasteiger partial charge in [-0.2, -0.15) is 0 Å². The largest absolute Gasteiger partial charge is 0.478 e. The fraction of sp³-hybridized carbons (Fsp3) is 0.222. The highest BCUT2D eigenvalue weighted by atomic mass is 35.5. The van der Waals surface area contributed by atoms with Gasteiger partial charge >= 0.3 is 5.97 Å². The minimum absolute atomic E-state index is 0.0651. The smallest absolute Gasteiger partial charge is 0.335 e. The molecule has 1 amide bonds. The molecule has 25 heavy (non-hydrogen) atoms. The first-order chi connectivity index (χ1) is 11.7. The monoisotopic (exact) mass is 379 g/mol. The van der Waals surface area contributed by atoms with Crippen LogP contribution in [0.15, 0.2) is 41.3 Å². The molecule has 0 saturated carbocycles. The normalized spacial score (nSPS) is 15.8. The van der Waals surface area contributed by atoms with Gasteiger partial charge in [-0.05, 0) is 44.2 Å². The van der Waals surface area contributed by atoms with Crippen LogP contribution in [0.4, 0.5) is 10.1 Å². The van der Waals surface area contributed by atoms with E-state index in [1.165, 1.54) is 40.9 Å². The number of fused-ring (bicyclic) bond motifs is 1. The fourth-order valence-electron chi connectivity index (χ4n) is 2.70. The maximum Gasteiger partial charge on any atom is 0.335 e. The highest BCUT2D eigenvalue weighted by molar-refractivity contribution is 8.01. The molecule has 2 aromatic rings. The van der Waals surface area contributed by atoms with Crippen molar-refractivity contribution in [1.82, 2.24) is 0 Å². The van der Waals surface area contributed by atoms with E-state index in [1.54, 1.807) is 26.0 Å². The Balaban J connectivity index is 2.13. The third kappa shape index (κ3) is 3.24. The van der Waals surface area contributed by atoms with Crippen LogP contribution in [0.5, 0.6) is 0 Å². The van der Waals surface area contributed by atoms with Crippen molar-refractivity contribution < 1.29 is 19.1 Å². The molecule has 0 atom stereocenters. The lowest BCUT2D eigenvalue weighted by Gasteiger charge is -2.38. The predicted molar refractivity (Wildman–Crippen MR) is 95.9 cm³/mol. The molecule has 0 radical (unpaired) electrons. The number of thioether (sulfide) groups is 1. The summed E-state index contributed by atoms with van der Waals surface area (Å²) < 4.78 is 13.4. The number of amides is 1. The van der Waals surface area contributed by atoms with Gasteiger partial charge in [0.25, 0.3) is 0 Å². The molecule has 0 aromatic heterocycles. The van der Waals surface area contributed by atoms with Gasteiger partial charge in [0.2, 0.25) is 5.91 Å². The lowest BCUT2D eigenvalue weighted by atomic mass is 10.1. The Morgan fingerprint density at radius 2 is 2.04 bits per heavy atom. The summed E-state index contributed by atoms with van der Waals surface area (Å²) in [6, 6.07) is 8.94. The van der Waals surface area contributed by atoms with Crippen LogP contribution < -0.4 is 4.90 Å². The van der Waals surface area contributed by atoms with Crippen molar-refractivity contribution in [2.75, 3.05) is 4.90 Å². The Morgan fingerprint density at radius 3 is 2.68 bits per heavy atom. The molecule has 0 spiro atoms. The number of carboxylic acid groups (broad SMARTS) is 1. The first-order valence-electron chi connectivity index (χ1n) is 7.52. The third-order valence-corrected chi connectivity index (χ3v) is 5.60. The fourth-order valence-corrected chi connectivity index (χ4v) is 4.08. The summed E-state index contributed by atoms with van der Waals surface area (Å²) in [5, 5.41) is 9.45. The van der Waals surface area contributed by atoms with Crippen LogP contribution in [0, 0.1) is 5.82 Å². The first kappa shape index (κ1) is 17.8. The Morgan fingerprint density at radius 1 is 1.32 bits per heavy atom. The van der Waals surface area contributed by atoms with Crippen LogP contribution in [0.2, 0.25) is 5.02 Å². The minimum Gasteiger partial charge on any atom is -0.478 e. The highest BCUT2D eigenvalue weighted by Gasteiger charge is 2.40. The Kier molecular flexibility index (Phi) is 4.51. The van der Waals surface area contributed by atoms with Crippen molar-refractivity contribution in [2.45, 2.75) is 30.0 Å². The van der Waals surface area contributed by atoms with Gasteiger partial charge in [-0.25, -0.2) is 9.18 Å². The van der Waals surface area contributed by atoms with E-state index >= 15 is 0 Å². The van der Waals surface area contributed by atoms with Crippen LogP contribution in [0.25, 0.3) is 0 Å². The van der Waals surface area contributed by atoms with E-state index in [-0.39, 0.29) is 28.6 Å². The summed E-state index contributed by atoms with van der Waals surface area (Å²) in [6.45, 7) is 3.50. The van der Waals surface area contributed by atoms with Crippen LogP contribution >= 0.6 is 23.4 Å². The Hall–Kier alpha value is -2.05. The quantitative estimate of drug-likeness (QED) is 0.847. The number of benzene rings is 2. The molecule has 1 aliphatic rings. The Labute approximate surface area is 153 Å². The lowest BCUT2D eigenvalue weighted by Crippen LogP contribution is -2.46. The van der Waals surface area contributed by atoms with Gasteiger partial charge in [-0.3, -0.25) is 4.79 Å². The van der Waals surface area contributed by atoms with Crippen molar-refractivity contribution in [3.8, 4) is 0 Å². The van der Waals surface area contributed by atoms with Crippen LogP contribution in [-0.2, 0) is 11.3 Å². The molecule has 0 saturated heterocycles. The number of aromatic carboxylic acids is 1. The second-order valence-electron chi connectivity index (χ2n) is 6.19. The molecule has 4 nitrogen and oxygen atoms in total. The molecule has 0 aliphatic carbocycles. The van der Waals surface area contributed by atoms with Crippen molar-refractivity contribution in [3.05, 3.63) is 58.4 Å². The topological polar surface area (TPSA) is 57.6 Å². The van der Waals surface area contributed by atoms with E-state index < -0.39 is 16.5 Å². The van der Waals surface area contributed by atoms with Gasteiger partial charge in [0.05, 0.1) is 22.5 Å². The second kappa shape index (κ2) is 6.35. The maximum atomic E-state index is 14.2. The predicted octanol–water partition coefficient (Wildman–Crippen LogP) is 4.59. The number of halogens is 2. The van der Waals surface area contributed by atoms with Crippen LogP contribution in [0.1, 0.15) is 29.8 Å². The molecule has 130 valence electrons. The number of nitrogens with zero attached hydrogens (tertiary/aromatic N) is 1. The van der Waals surface area contributed by atoms with Gasteiger partial charge in [0.15, 0.2) is 0 Å². The number of carbonyl (C=O) groups excluding carboxylic acids is 1. The molecule has 0 fully saturated rings. The van der Waals surface area contributed by atoms with Gasteiger partial charge in [0, 0.05) is 15.5 Å². The average molecular weight is 380 g/mol. The molecule has 1 heterocycles. The molecule has 7 heteroatoms. The molecular formula is C18H15ClFNO3S. The second-order valence-corrected chi connectivity index (χ2v) is 8.26. The van der Waals surface area contributed by atoms with Crippen LogP contribution in [0.3, 0.4) is 0 Å². The van der Waals surface area contributed by atoms with E-state index in [1.807, 2.05) is 0 Å². The zero-order valence-corrected chi connectivity index (χ0v) is 15.1. The van der Waals surface area contributed by atoms with E-state index in [0.717, 1.165) is 4.90 Å². The summed E-state index contributed by atoms with van der Waals surface area (Å²) in [5.41, 5.74) is 0.719. The molecule has 2 aromatic carbocycles. The van der Waals surface area contributed by atoms with Gasteiger partial charge in [-0.15, -0.1) is 11.8 Å². The molecule has 1 N–H and O–H groups in total. The van der Waals surface area contributed by atoms with Crippen molar-refractivity contribution in [2.24, 2.45) is 0 Å².